The lowest BCUT2D eigenvalue weighted by Crippen LogP contribution is -2.22. The van der Waals surface area contributed by atoms with Crippen molar-refractivity contribution in [3.05, 3.63) is 33.3 Å². The van der Waals surface area contributed by atoms with E-state index < -0.39 is 23.0 Å². The van der Waals surface area contributed by atoms with E-state index in [0.717, 1.165) is 0 Å². The summed E-state index contributed by atoms with van der Waals surface area (Å²) < 4.78 is 29.9. The summed E-state index contributed by atoms with van der Waals surface area (Å²) in [5.74, 6) is -2.97. The van der Waals surface area contributed by atoms with E-state index in [1.807, 2.05) is 0 Å². The monoisotopic (exact) mass is 322 g/mol. The quantitative estimate of drug-likeness (QED) is 0.625. The molecule has 0 amide bonds. The first kappa shape index (κ1) is 14.5. The average molecular weight is 323 g/mol. The van der Waals surface area contributed by atoms with Crippen LogP contribution in [0.1, 0.15) is 22.8 Å². The fourth-order valence-electron chi connectivity index (χ4n) is 2.75. The zero-order valence-electron chi connectivity index (χ0n) is 11.4. The summed E-state index contributed by atoms with van der Waals surface area (Å²) in [5, 5.41) is 19.2. The molecule has 0 saturated carbocycles. The molecule has 1 aromatic heterocycles. The SMILES string of the molecule is CC(=O)c1c2n(c(=N)c3c(Cl)c(C#N)c(F)c(F)c13)CCN2. The number of halogens is 3. The van der Waals surface area contributed by atoms with Gasteiger partial charge in [-0.3, -0.25) is 10.2 Å². The van der Waals surface area contributed by atoms with Crippen LogP contribution in [0.3, 0.4) is 0 Å². The average Bonchev–Trinajstić information content (AvgIpc) is 2.94. The normalized spacial score (nSPS) is 12.9. The number of anilines is 1. The summed E-state index contributed by atoms with van der Waals surface area (Å²) >= 11 is 6.01. The van der Waals surface area contributed by atoms with Crippen LogP contribution in [-0.4, -0.2) is 16.9 Å². The van der Waals surface area contributed by atoms with Gasteiger partial charge in [0.2, 0.25) is 0 Å². The number of Topliss-reactive ketones (excluding diaryl/α,β-unsaturated/α-hetero) is 1. The number of nitriles is 1. The molecule has 1 aliphatic rings. The van der Waals surface area contributed by atoms with E-state index in [1.165, 1.54) is 17.6 Å². The minimum Gasteiger partial charge on any atom is -0.369 e. The number of nitrogens with zero attached hydrogens (tertiary/aromatic N) is 2. The standard InChI is InChI=1S/C14H9ClF2N4O/c1-5(22)7-8-9(13(19)21-3-2-20-14(7)21)10(15)6(4-18)11(16)12(8)17/h19-20H,2-3H2,1H3. The molecule has 0 fully saturated rings. The molecule has 0 aliphatic carbocycles. The predicted octanol–water partition coefficient (Wildman–Crippen LogP) is 2.55. The molecular formula is C14H9ClF2N4O. The molecule has 1 aromatic carbocycles. The number of aromatic nitrogens is 1. The molecule has 0 unspecified atom stereocenters. The van der Waals surface area contributed by atoms with Gasteiger partial charge in [0.15, 0.2) is 17.4 Å². The molecule has 8 heteroatoms. The van der Waals surface area contributed by atoms with E-state index in [0.29, 0.717) is 13.1 Å². The van der Waals surface area contributed by atoms with Crippen molar-refractivity contribution in [3.8, 4) is 6.07 Å². The van der Waals surface area contributed by atoms with Gasteiger partial charge in [0.25, 0.3) is 0 Å². The first-order valence-electron chi connectivity index (χ1n) is 6.36. The Kier molecular flexibility index (Phi) is 3.15. The molecule has 1 aliphatic heterocycles. The van der Waals surface area contributed by atoms with Crippen LogP contribution in [0.2, 0.25) is 5.02 Å². The lowest BCUT2D eigenvalue weighted by molar-refractivity contribution is 0.101. The summed E-state index contributed by atoms with van der Waals surface area (Å²) in [4.78, 5) is 11.9. The highest BCUT2D eigenvalue weighted by Gasteiger charge is 2.29. The van der Waals surface area contributed by atoms with E-state index >= 15 is 0 Å². The topological polar surface area (TPSA) is 81.7 Å². The minimum atomic E-state index is -1.41. The van der Waals surface area contributed by atoms with Gasteiger partial charge in [0.1, 0.15) is 22.9 Å². The molecule has 0 spiro atoms. The molecule has 0 radical (unpaired) electrons. The summed E-state index contributed by atoms with van der Waals surface area (Å²) in [6.45, 7) is 2.07. The number of hydrogen-bond acceptors (Lipinski definition) is 4. The molecule has 2 heterocycles. The van der Waals surface area contributed by atoms with Gasteiger partial charge in [0.05, 0.1) is 10.6 Å². The van der Waals surface area contributed by atoms with Gasteiger partial charge < -0.3 is 9.88 Å². The first-order chi connectivity index (χ1) is 10.4. The second kappa shape index (κ2) is 4.78. The Morgan fingerprint density at radius 3 is 2.68 bits per heavy atom. The van der Waals surface area contributed by atoms with Crippen molar-refractivity contribution in [1.82, 2.24) is 4.57 Å². The lowest BCUT2D eigenvalue weighted by Gasteiger charge is -2.15. The van der Waals surface area contributed by atoms with Crippen LogP contribution in [0.15, 0.2) is 0 Å². The fourth-order valence-corrected chi connectivity index (χ4v) is 3.06. The maximum absolute atomic E-state index is 14.4. The van der Waals surface area contributed by atoms with Gasteiger partial charge in [-0.05, 0) is 6.92 Å². The Morgan fingerprint density at radius 2 is 2.09 bits per heavy atom. The van der Waals surface area contributed by atoms with Crippen LogP contribution in [-0.2, 0) is 6.54 Å². The number of nitrogens with one attached hydrogen (secondary N) is 2. The first-order valence-corrected chi connectivity index (χ1v) is 6.74. The maximum Gasteiger partial charge on any atom is 0.178 e. The number of ketones is 1. The summed E-state index contributed by atoms with van der Waals surface area (Å²) in [6.07, 6.45) is 0. The summed E-state index contributed by atoms with van der Waals surface area (Å²) in [5.41, 5.74) is -0.895. The number of hydrogen-bond donors (Lipinski definition) is 2. The van der Waals surface area contributed by atoms with Gasteiger partial charge in [-0.1, -0.05) is 11.6 Å². The van der Waals surface area contributed by atoms with Gasteiger partial charge >= 0.3 is 0 Å². The Bertz CT molecular complexity index is 959. The van der Waals surface area contributed by atoms with E-state index in [4.69, 9.17) is 22.3 Å². The van der Waals surface area contributed by atoms with Crippen molar-refractivity contribution in [2.45, 2.75) is 13.5 Å². The number of fused-ring (bicyclic) bond motifs is 2. The third-order valence-electron chi connectivity index (χ3n) is 3.68. The number of rotatable bonds is 1. The van der Waals surface area contributed by atoms with E-state index in [9.17, 15) is 13.6 Å². The molecule has 22 heavy (non-hydrogen) atoms. The maximum atomic E-state index is 14.4. The second-order valence-electron chi connectivity index (χ2n) is 4.89. The highest BCUT2D eigenvalue weighted by atomic mass is 35.5. The van der Waals surface area contributed by atoms with Gasteiger partial charge in [-0.25, -0.2) is 8.78 Å². The van der Waals surface area contributed by atoms with Crippen LogP contribution < -0.4 is 10.8 Å². The van der Waals surface area contributed by atoms with E-state index in [-0.39, 0.29) is 32.7 Å². The summed E-state index contributed by atoms with van der Waals surface area (Å²) in [7, 11) is 0. The van der Waals surface area contributed by atoms with Crippen LogP contribution in [0, 0.1) is 28.4 Å². The Balaban J connectivity index is 2.71. The van der Waals surface area contributed by atoms with Gasteiger partial charge in [-0.15, -0.1) is 0 Å². The zero-order valence-corrected chi connectivity index (χ0v) is 12.1. The molecule has 2 N–H and O–H groups in total. The predicted molar refractivity (Wildman–Crippen MR) is 75.9 cm³/mol. The molecule has 112 valence electrons. The molecule has 5 nitrogen and oxygen atoms in total. The van der Waals surface area contributed by atoms with Gasteiger partial charge in [-0.2, -0.15) is 5.26 Å². The Morgan fingerprint density at radius 1 is 1.41 bits per heavy atom. The fraction of sp³-hybridized carbons (Fsp3) is 0.214. The zero-order chi connectivity index (χ0) is 16.2. The Labute approximate surface area is 128 Å². The van der Waals surface area contributed by atoms with Crippen LogP contribution in [0.5, 0.6) is 0 Å². The van der Waals surface area contributed by atoms with Crippen molar-refractivity contribution in [2.75, 3.05) is 11.9 Å². The highest BCUT2D eigenvalue weighted by Crippen LogP contribution is 2.35. The van der Waals surface area contributed by atoms with Gasteiger partial charge in [0, 0.05) is 23.9 Å². The van der Waals surface area contributed by atoms with Crippen molar-refractivity contribution in [1.29, 1.82) is 10.7 Å². The van der Waals surface area contributed by atoms with Crippen molar-refractivity contribution < 1.29 is 13.6 Å². The van der Waals surface area contributed by atoms with E-state index in [1.54, 1.807) is 0 Å². The minimum absolute atomic E-state index is 0.0636. The second-order valence-corrected chi connectivity index (χ2v) is 5.26. The molecule has 0 bridgehead atoms. The Hall–Kier alpha value is -2.46. The van der Waals surface area contributed by atoms with Crippen molar-refractivity contribution in [2.24, 2.45) is 0 Å². The van der Waals surface area contributed by atoms with Crippen molar-refractivity contribution >= 4 is 34.0 Å². The number of benzene rings is 1. The summed E-state index contributed by atoms with van der Waals surface area (Å²) in [6, 6.07) is 1.50. The van der Waals surface area contributed by atoms with Crippen LogP contribution in [0.4, 0.5) is 14.6 Å². The van der Waals surface area contributed by atoms with Crippen LogP contribution in [0.25, 0.3) is 10.8 Å². The molecule has 3 rings (SSSR count). The van der Waals surface area contributed by atoms with Crippen molar-refractivity contribution in [3.63, 3.8) is 0 Å². The number of carbonyl (C=O) groups is 1. The number of carbonyl (C=O) groups excluding carboxylic acids is 1. The highest BCUT2D eigenvalue weighted by molar-refractivity contribution is 6.37. The largest absolute Gasteiger partial charge is 0.369 e. The number of pyridine rings is 1. The molecular weight excluding hydrogens is 314 g/mol. The smallest absolute Gasteiger partial charge is 0.178 e. The molecule has 0 atom stereocenters. The molecule has 2 aromatic rings. The van der Waals surface area contributed by atoms with Crippen LogP contribution >= 0.6 is 11.6 Å². The van der Waals surface area contributed by atoms with E-state index in [2.05, 4.69) is 5.32 Å². The lowest BCUT2D eigenvalue weighted by atomic mass is 10.00. The third kappa shape index (κ3) is 1.67. The third-order valence-corrected chi connectivity index (χ3v) is 4.05. The molecule has 0 saturated heterocycles.